The predicted octanol–water partition coefficient (Wildman–Crippen LogP) is 4.48. The molecule has 0 bridgehead atoms. The molecule has 12 heavy (non-hydrogen) atoms. The molecule has 0 aromatic rings. The Balaban J connectivity index is 3.62. The lowest BCUT2D eigenvalue weighted by molar-refractivity contribution is 0.778. The monoisotopic (exact) mass is 166 g/mol. The van der Waals surface area contributed by atoms with E-state index in [2.05, 4.69) is 26.5 Å². The van der Waals surface area contributed by atoms with Crippen molar-refractivity contribution >= 4 is 0 Å². The summed E-state index contributed by atoms with van der Waals surface area (Å²) < 4.78 is 0. The fourth-order valence-electron chi connectivity index (χ4n) is 1.16. The van der Waals surface area contributed by atoms with Crippen LogP contribution in [0.1, 0.15) is 52.4 Å². The van der Waals surface area contributed by atoms with Crippen molar-refractivity contribution in [3.8, 4) is 0 Å². The maximum Gasteiger partial charge on any atom is -0.0282 e. The molecule has 0 aliphatic carbocycles. The smallest absolute Gasteiger partial charge is 0.0282 e. The third-order valence-electron chi connectivity index (χ3n) is 2.05. The molecule has 0 aromatic heterocycles. The third-order valence-corrected chi connectivity index (χ3v) is 2.05. The molecule has 0 spiro atoms. The quantitative estimate of drug-likeness (QED) is 0.386. The van der Waals surface area contributed by atoms with Gasteiger partial charge in [-0.15, -0.1) is 0 Å². The van der Waals surface area contributed by atoms with E-state index in [9.17, 15) is 0 Å². The Morgan fingerprint density at radius 2 is 1.83 bits per heavy atom. The zero-order valence-corrected chi connectivity index (χ0v) is 8.60. The van der Waals surface area contributed by atoms with E-state index in [0.717, 1.165) is 0 Å². The highest BCUT2D eigenvalue weighted by Crippen LogP contribution is 2.10. The van der Waals surface area contributed by atoms with Gasteiger partial charge < -0.3 is 0 Å². The van der Waals surface area contributed by atoms with Gasteiger partial charge in [0.05, 0.1) is 0 Å². The molecule has 0 aliphatic rings. The summed E-state index contributed by atoms with van der Waals surface area (Å²) in [6.07, 6.45) is 11.9. The number of unbranched alkanes of at least 4 members (excludes halogenated alkanes) is 3. The Bertz CT molecular complexity index is 131. The van der Waals surface area contributed by atoms with Crippen LogP contribution in [0.4, 0.5) is 0 Å². The van der Waals surface area contributed by atoms with E-state index in [0.29, 0.717) is 0 Å². The SMILES string of the molecule is C=CC(=CCCCC)CCCC. The molecule has 0 saturated carbocycles. The van der Waals surface area contributed by atoms with E-state index in [1.165, 1.54) is 44.1 Å². The highest BCUT2D eigenvalue weighted by molar-refractivity contribution is 5.15. The molecule has 0 nitrogen and oxygen atoms in total. The van der Waals surface area contributed by atoms with E-state index in [4.69, 9.17) is 0 Å². The Labute approximate surface area is 77.4 Å². The summed E-state index contributed by atoms with van der Waals surface area (Å²) in [5.41, 5.74) is 1.44. The molecular formula is C12H22. The Hall–Kier alpha value is -0.520. The van der Waals surface area contributed by atoms with Crippen molar-refractivity contribution in [2.24, 2.45) is 0 Å². The fourth-order valence-corrected chi connectivity index (χ4v) is 1.16. The maximum absolute atomic E-state index is 3.82. The third kappa shape index (κ3) is 6.21. The second kappa shape index (κ2) is 8.58. The normalized spacial score (nSPS) is 11.7. The first-order valence-electron chi connectivity index (χ1n) is 5.16. The Kier molecular flexibility index (Phi) is 8.20. The molecule has 0 N–H and O–H groups in total. The molecule has 0 heteroatoms. The first-order chi connectivity index (χ1) is 5.85. The van der Waals surface area contributed by atoms with Gasteiger partial charge in [0.1, 0.15) is 0 Å². The van der Waals surface area contributed by atoms with Crippen molar-refractivity contribution in [1.82, 2.24) is 0 Å². The molecule has 0 fully saturated rings. The van der Waals surface area contributed by atoms with Crippen LogP contribution in [0.2, 0.25) is 0 Å². The van der Waals surface area contributed by atoms with Gasteiger partial charge in [0.2, 0.25) is 0 Å². The molecule has 0 aromatic carbocycles. The van der Waals surface area contributed by atoms with Crippen molar-refractivity contribution in [3.63, 3.8) is 0 Å². The molecule has 0 heterocycles. The van der Waals surface area contributed by atoms with E-state index in [-0.39, 0.29) is 0 Å². The minimum atomic E-state index is 1.21. The van der Waals surface area contributed by atoms with Crippen LogP contribution >= 0.6 is 0 Å². The van der Waals surface area contributed by atoms with E-state index < -0.39 is 0 Å². The van der Waals surface area contributed by atoms with Crippen molar-refractivity contribution < 1.29 is 0 Å². The first-order valence-corrected chi connectivity index (χ1v) is 5.16. The first kappa shape index (κ1) is 11.5. The lowest BCUT2D eigenvalue weighted by Crippen LogP contribution is -1.79. The van der Waals surface area contributed by atoms with Crippen LogP contribution < -0.4 is 0 Å². The van der Waals surface area contributed by atoms with Gasteiger partial charge in [-0.1, -0.05) is 57.4 Å². The number of rotatable bonds is 7. The fraction of sp³-hybridized carbons (Fsp3) is 0.667. The van der Waals surface area contributed by atoms with E-state index in [1.807, 2.05) is 6.08 Å². The number of hydrogen-bond donors (Lipinski definition) is 0. The predicted molar refractivity (Wildman–Crippen MR) is 57.3 cm³/mol. The molecule has 0 amide bonds. The molecule has 0 radical (unpaired) electrons. The average molecular weight is 166 g/mol. The minimum absolute atomic E-state index is 1.21. The topological polar surface area (TPSA) is 0 Å². The van der Waals surface area contributed by atoms with Crippen LogP contribution in [0, 0.1) is 0 Å². The van der Waals surface area contributed by atoms with Crippen molar-refractivity contribution in [2.45, 2.75) is 52.4 Å². The molecule has 0 aliphatic heterocycles. The molecular weight excluding hydrogens is 144 g/mol. The zero-order valence-electron chi connectivity index (χ0n) is 8.60. The average Bonchev–Trinajstić information content (AvgIpc) is 2.11. The molecule has 0 atom stereocenters. The molecule has 0 rings (SSSR count). The summed E-state index contributed by atoms with van der Waals surface area (Å²) in [4.78, 5) is 0. The standard InChI is InChI=1S/C12H22/c1-4-7-9-11-12(6-3)10-8-5-2/h6,11H,3-5,7-10H2,1-2H3. The summed E-state index contributed by atoms with van der Waals surface area (Å²) in [5, 5.41) is 0. The second-order valence-electron chi connectivity index (χ2n) is 3.23. The van der Waals surface area contributed by atoms with Crippen LogP contribution in [0.15, 0.2) is 24.3 Å². The van der Waals surface area contributed by atoms with Gasteiger partial charge in [-0.05, 0) is 19.3 Å². The van der Waals surface area contributed by atoms with Crippen LogP contribution in [0.5, 0.6) is 0 Å². The molecule has 70 valence electrons. The minimum Gasteiger partial charge on any atom is -0.0988 e. The van der Waals surface area contributed by atoms with Crippen LogP contribution in [0.3, 0.4) is 0 Å². The molecule has 0 saturated heterocycles. The number of hydrogen-bond acceptors (Lipinski definition) is 0. The van der Waals surface area contributed by atoms with Gasteiger partial charge in [-0.25, -0.2) is 0 Å². The summed E-state index contributed by atoms with van der Waals surface area (Å²) >= 11 is 0. The summed E-state index contributed by atoms with van der Waals surface area (Å²) in [5.74, 6) is 0. The summed E-state index contributed by atoms with van der Waals surface area (Å²) in [7, 11) is 0. The van der Waals surface area contributed by atoms with Crippen molar-refractivity contribution in [2.75, 3.05) is 0 Å². The van der Waals surface area contributed by atoms with Crippen molar-refractivity contribution in [3.05, 3.63) is 24.3 Å². The second-order valence-corrected chi connectivity index (χ2v) is 3.23. The zero-order chi connectivity index (χ0) is 9.23. The van der Waals surface area contributed by atoms with E-state index in [1.54, 1.807) is 0 Å². The Morgan fingerprint density at radius 3 is 2.33 bits per heavy atom. The van der Waals surface area contributed by atoms with Crippen LogP contribution in [-0.2, 0) is 0 Å². The lowest BCUT2D eigenvalue weighted by atomic mass is 10.1. The van der Waals surface area contributed by atoms with Crippen molar-refractivity contribution in [1.29, 1.82) is 0 Å². The van der Waals surface area contributed by atoms with Gasteiger partial charge in [0, 0.05) is 0 Å². The van der Waals surface area contributed by atoms with Gasteiger partial charge >= 0.3 is 0 Å². The molecule has 0 unspecified atom stereocenters. The summed E-state index contributed by atoms with van der Waals surface area (Å²) in [6.45, 7) is 8.28. The van der Waals surface area contributed by atoms with Crippen LogP contribution in [0.25, 0.3) is 0 Å². The highest BCUT2D eigenvalue weighted by Gasteiger charge is 1.90. The van der Waals surface area contributed by atoms with E-state index >= 15 is 0 Å². The maximum atomic E-state index is 3.82. The van der Waals surface area contributed by atoms with Crippen LogP contribution in [-0.4, -0.2) is 0 Å². The van der Waals surface area contributed by atoms with Gasteiger partial charge in [0.25, 0.3) is 0 Å². The van der Waals surface area contributed by atoms with Gasteiger partial charge in [-0.3, -0.25) is 0 Å². The largest absolute Gasteiger partial charge is 0.0988 e. The van der Waals surface area contributed by atoms with Gasteiger partial charge in [0.15, 0.2) is 0 Å². The Morgan fingerprint density at radius 1 is 1.17 bits per heavy atom. The number of allylic oxidation sites excluding steroid dienone is 3. The summed E-state index contributed by atoms with van der Waals surface area (Å²) in [6, 6.07) is 0. The van der Waals surface area contributed by atoms with Gasteiger partial charge in [-0.2, -0.15) is 0 Å². The highest BCUT2D eigenvalue weighted by atomic mass is 14.0. The lowest BCUT2D eigenvalue weighted by Gasteiger charge is -1.99.